The van der Waals surface area contributed by atoms with E-state index < -0.39 is 23.7 Å². The van der Waals surface area contributed by atoms with Crippen LogP contribution in [-0.4, -0.2) is 24.4 Å². The molecule has 0 saturated heterocycles. The maximum absolute atomic E-state index is 13.9. The van der Waals surface area contributed by atoms with Crippen LogP contribution in [0.3, 0.4) is 0 Å². The number of rotatable bonds is 2. The number of anilines is 1. The molecule has 1 atom stereocenters. The van der Waals surface area contributed by atoms with Crippen LogP contribution in [0.4, 0.5) is 23.2 Å². The molecule has 1 aromatic rings. The third-order valence-electron chi connectivity index (χ3n) is 3.37. The van der Waals surface area contributed by atoms with E-state index in [0.717, 1.165) is 6.08 Å². The second-order valence-electron chi connectivity index (χ2n) is 4.81. The molecule has 0 saturated carbocycles. The average molecular weight is 289 g/mol. The summed E-state index contributed by atoms with van der Waals surface area (Å²) in [5.74, 6) is -0.535. The molecule has 2 rings (SSSR count). The maximum Gasteiger partial charge on any atom is 0.412 e. The van der Waals surface area contributed by atoms with Crippen molar-refractivity contribution in [2.45, 2.75) is 25.6 Å². The smallest absolute Gasteiger partial charge is 0.389 e. The summed E-state index contributed by atoms with van der Waals surface area (Å²) >= 11 is 0. The van der Waals surface area contributed by atoms with E-state index in [0.29, 0.717) is 5.56 Å². The minimum atomic E-state index is -4.30. The second-order valence-corrected chi connectivity index (χ2v) is 4.81. The highest BCUT2D eigenvalue weighted by molar-refractivity contribution is 5.51. The van der Waals surface area contributed by atoms with E-state index in [2.05, 4.69) is 0 Å². The highest BCUT2D eigenvalue weighted by Crippen LogP contribution is 2.32. The van der Waals surface area contributed by atoms with E-state index in [-0.39, 0.29) is 25.2 Å². The van der Waals surface area contributed by atoms with E-state index in [1.165, 1.54) is 19.1 Å². The summed E-state index contributed by atoms with van der Waals surface area (Å²) in [7, 11) is 0. The van der Waals surface area contributed by atoms with Gasteiger partial charge in [0.1, 0.15) is 5.82 Å². The number of hydrogen-bond donors (Lipinski definition) is 1. The minimum Gasteiger partial charge on any atom is -0.389 e. The zero-order valence-corrected chi connectivity index (χ0v) is 10.9. The lowest BCUT2D eigenvalue weighted by Crippen LogP contribution is -2.32. The molecule has 0 fully saturated rings. The number of aliphatic hydroxyl groups excluding tert-OH is 1. The van der Waals surface area contributed by atoms with Gasteiger partial charge in [-0.2, -0.15) is 13.2 Å². The Labute approximate surface area is 114 Å². The molecular formula is C14H15F4NO. The van der Waals surface area contributed by atoms with Gasteiger partial charge < -0.3 is 10.0 Å². The van der Waals surface area contributed by atoms with Gasteiger partial charge in [0.05, 0.1) is 11.8 Å². The van der Waals surface area contributed by atoms with Crippen molar-refractivity contribution in [3.63, 3.8) is 0 Å². The predicted octanol–water partition coefficient (Wildman–Crippen LogP) is 3.58. The molecule has 0 aliphatic carbocycles. The highest BCUT2D eigenvalue weighted by atomic mass is 19.4. The largest absolute Gasteiger partial charge is 0.412 e. The summed E-state index contributed by atoms with van der Waals surface area (Å²) in [6.45, 7) is 1.67. The van der Waals surface area contributed by atoms with Gasteiger partial charge in [0.25, 0.3) is 0 Å². The quantitative estimate of drug-likeness (QED) is 0.664. The van der Waals surface area contributed by atoms with Crippen LogP contribution in [0.25, 0.3) is 0 Å². The van der Waals surface area contributed by atoms with Gasteiger partial charge in [-0.1, -0.05) is 12.1 Å². The number of alkyl halides is 3. The standard InChI is InChI=1S/C14H15F4NO/c1-9(20)10-2-3-13(12(15)8-10)19-6-4-11(5-7-19)14(16,17)18/h2-4,8-9,20H,5-7H2,1H3. The van der Waals surface area contributed by atoms with Crippen molar-refractivity contribution >= 4 is 5.69 Å². The number of aliphatic hydroxyl groups is 1. The summed E-state index contributed by atoms with van der Waals surface area (Å²) in [5.41, 5.74) is 0.136. The molecule has 0 spiro atoms. The monoisotopic (exact) mass is 289 g/mol. The van der Waals surface area contributed by atoms with Crippen LogP contribution in [0, 0.1) is 5.82 Å². The fourth-order valence-electron chi connectivity index (χ4n) is 2.18. The zero-order chi connectivity index (χ0) is 14.9. The summed E-state index contributed by atoms with van der Waals surface area (Å²) in [5, 5.41) is 9.36. The lowest BCUT2D eigenvalue weighted by molar-refractivity contribution is -0.0944. The fourth-order valence-corrected chi connectivity index (χ4v) is 2.18. The first-order valence-corrected chi connectivity index (χ1v) is 6.27. The molecule has 0 bridgehead atoms. The predicted molar refractivity (Wildman–Crippen MR) is 68.0 cm³/mol. The highest BCUT2D eigenvalue weighted by Gasteiger charge is 2.35. The molecule has 0 aromatic heterocycles. The van der Waals surface area contributed by atoms with Crippen molar-refractivity contribution in [1.29, 1.82) is 0 Å². The maximum atomic E-state index is 13.9. The first-order chi connectivity index (χ1) is 9.29. The van der Waals surface area contributed by atoms with Crippen molar-refractivity contribution in [2.75, 3.05) is 18.0 Å². The lowest BCUT2D eigenvalue weighted by atomic mass is 10.1. The number of halogens is 4. The molecule has 0 radical (unpaired) electrons. The summed E-state index contributed by atoms with van der Waals surface area (Å²) < 4.78 is 51.4. The van der Waals surface area contributed by atoms with Crippen molar-refractivity contribution in [3.05, 3.63) is 41.2 Å². The van der Waals surface area contributed by atoms with Gasteiger partial charge in [0, 0.05) is 18.7 Å². The van der Waals surface area contributed by atoms with E-state index in [1.807, 2.05) is 0 Å². The van der Waals surface area contributed by atoms with Crippen molar-refractivity contribution in [1.82, 2.24) is 0 Å². The number of benzene rings is 1. The first-order valence-electron chi connectivity index (χ1n) is 6.27. The van der Waals surface area contributed by atoms with E-state index in [9.17, 15) is 22.7 Å². The van der Waals surface area contributed by atoms with Gasteiger partial charge in [0.2, 0.25) is 0 Å². The minimum absolute atomic E-state index is 0.0276. The second kappa shape index (κ2) is 5.44. The molecule has 1 heterocycles. The topological polar surface area (TPSA) is 23.5 Å². The average Bonchev–Trinajstić information content (AvgIpc) is 2.37. The van der Waals surface area contributed by atoms with Crippen LogP contribution in [-0.2, 0) is 0 Å². The molecule has 1 N–H and O–H groups in total. The van der Waals surface area contributed by atoms with Gasteiger partial charge in [0.15, 0.2) is 0 Å². The van der Waals surface area contributed by atoms with Crippen LogP contribution in [0.2, 0.25) is 0 Å². The van der Waals surface area contributed by atoms with Gasteiger partial charge in [-0.15, -0.1) is 0 Å². The van der Waals surface area contributed by atoms with E-state index in [4.69, 9.17) is 0 Å². The summed E-state index contributed by atoms with van der Waals surface area (Å²) in [6.07, 6.45) is -4.15. The zero-order valence-electron chi connectivity index (χ0n) is 10.9. The number of hydrogen-bond acceptors (Lipinski definition) is 2. The Bertz CT molecular complexity index is 522. The summed E-state index contributed by atoms with van der Waals surface area (Å²) in [4.78, 5) is 1.55. The molecule has 1 aromatic carbocycles. The Morgan fingerprint density at radius 2 is 2.00 bits per heavy atom. The molecule has 110 valence electrons. The Morgan fingerprint density at radius 3 is 2.45 bits per heavy atom. The molecule has 20 heavy (non-hydrogen) atoms. The third-order valence-corrected chi connectivity index (χ3v) is 3.37. The van der Waals surface area contributed by atoms with Crippen LogP contribution in [0.15, 0.2) is 29.8 Å². The SMILES string of the molecule is CC(O)c1ccc(N2CC=C(C(F)(F)F)CC2)c(F)c1. The van der Waals surface area contributed by atoms with Crippen LogP contribution >= 0.6 is 0 Å². The Balaban J connectivity index is 2.17. The Kier molecular flexibility index (Phi) is 4.04. The molecule has 2 nitrogen and oxygen atoms in total. The molecule has 1 aliphatic rings. The van der Waals surface area contributed by atoms with E-state index in [1.54, 1.807) is 11.0 Å². The normalized spacial score (nSPS) is 17.9. The Morgan fingerprint density at radius 1 is 1.30 bits per heavy atom. The summed E-state index contributed by atoms with van der Waals surface area (Å²) in [6, 6.07) is 4.28. The van der Waals surface area contributed by atoms with Crippen molar-refractivity contribution in [3.8, 4) is 0 Å². The molecule has 1 unspecified atom stereocenters. The fraction of sp³-hybridized carbons (Fsp3) is 0.429. The van der Waals surface area contributed by atoms with Crippen molar-refractivity contribution in [2.24, 2.45) is 0 Å². The molecular weight excluding hydrogens is 274 g/mol. The van der Waals surface area contributed by atoms with Crippen LogP contribution < -0.4 is 4.90 Å². The lowest BCUT2D eigenvalue weighted by Gasteiger charge is -2.29. The van der Waals surface area contributed by atoms with Gasteiger partial charge in [-0.3, -0.25) is 0 Å². The molecule has 1 aliphatic heterocycles. The first kappa shape index (κ1) is 14.8. The van der Waals surface area contributed by atoms with Crippen molar-refractivity contribution < 1.29 is 22.7 Å². The van der Waals surface area contributed by atoms with Crippen LogP contribution in [0.5, 0.6) is 0 Å². The Hall–Kier alpha value is -1.56. The van der Waals surface area contributed by atoms with Crippen LogP contribution in [0.1, 0.15) is 25.0 Å². The van der Waals surface area contributed by atoms with Gasteiger partial charge in [-0.05, 0) is 31.0 Å². The third kappa shape index (κ3) is 3.12. The molecule has 0 amide bonds. The van der Waals surface area contributed by atoms with E-state index >= 15 is 0 Å². The number of nitrogens with zero attached hydrogens (tertiary/aromatic N) is 1. The van der Waals surface area contributed by atoms with Gasteiger partial charge >= 0.3 is 6.18 Å². The molecule has 6 heteroatoms. The van der Waals surface area contributed by atoms with Gasteiger partial charge in [-0.25, -0.2) is 4.39 Å².